The number of aliphatic hydroxyl groups excluding tert-OH is 1. The monoisotopic (exact) mass is 436 g/mol. The lowest BCUT2D eigenvalue weighted by molar-refractivity contribution is -0.140. The second-order valence-electron chi connectivity index (χ2n) is 7.91. The first kappa shape index (κ1) is 26.7. The molecular weight excluding hydrogens is 400 g/mol. The number of benzene rings is 1. The number of hydrogen-bond acceptors (Lipinski definition) is 7. The van der Waals surface area contributed by atoms with Crippen LogP contribution in [0.5, 0.6) is 0 Å². The van der Waals surface area contributed by atoms with Crippen LogP contribution in [0.15, 0.2) is 24.3 Å². The van der Waals surface area contributed by atoms with E-state index in [0.29, 0.717) is 5.92 Å². The Kier molecular flexibility index (Phi) is 11.3. The van der Waals surface area contributed by atoms with E-state index >= 15 is 0 Å². The van der Waals surface area contributed by atoms with Gasteiger partial charge in [-0.05, 0) is 43.9 Å². The Morgan fingerprint density at radius 2 is 1.65 bits per heavy atom. The van der Waals surface area contributed by atoms with Crippen LogP contribution in [0.1, 0.15) is 51.2 Å². The number of carbonyl (C=O) groups is 3. The van der Waals surface area contributed by atoms with E-state index in [4.69, 9.17) is 16.2 Å². The molecule has 1 aromatic carbocycles. The van der Waals surface area contributed by atoms with Crippen molar-refractivity contribution in [3.63, 3.8) is 0 Å². The number of hydrogen-bond donors (Lipinski definition) is 5. The summed E-state index contributed by atoms with van der Waals surface area (Å²) in [6, 6.07) is 5.74. The van der Waals surface area contributed by atoms with Gasteiger partial charge in [0.1, 0.15) is 12.1 Å². The molecular formula is C22H36N4O5. The van der Waals surface area contributed by atoms with E-state index in [1.807, 2.05) is 24.3 Å². The fourth-order valence-electron chi connectivity index (χ4n) is 2.88. The molecule has 31 heavy (non-hydrogen) atoms. The Labute approximate surface area is 183 Å². The summed E-state index contributed by atoms with van der Waals surface area (Å²) in [5, 5.41) is 14.9. The zero-order valence-corrected chi connectivity index (χ0v) is 18.8. The SMILES string of the molecule is CC(=O)[C@H](CN)NC(=O)[C@@H](NC(=O)[C@H](CCN)OCc1ccc(C(C)C)cc1)C(C)O. The van der Waals surface area contributed by atoms with Gasteiger partial charge in [0.15, 0.2) is 5.78 Å². The Morgan fingerprint density at radius 3 is 2.10 bits per heavy atom. The van der Waals surface area contributed by atoms with E-state index in [1.165, 1.54) is 19.4 Å². The number of ether oxygens (including phenoxy) is 1. The molecule has 1 aromatic rings. The highest BCUT2D eigenvalue weighted by Crippen LogP contribution is 2.16. The molecule has 0 spiro atoms. The number of Topliss-reactive ketones (excluding diaryl/α,β-unsaturated/α-hetero) is 1. The lowest BCUT2D eigenvalue weighted by Gasteiger charge is -2.25. The van der Waals surface area contributed by atoms with Crippen LogP contribution in [0, 0.1) is 0 Å². The van der Waals surface area contributed by atoms with Crippen LogP contribution in [0.25, 0.3) is 0 Å². The summed E-state index contributed by atoms with van der Waals surface area (Å²) in [4.78, 5) is 36.7. The van der Waals surface area contributed by atoms with E-state index in [2.05, 4.69) is 24.5 Å². The van der Waals surface area contributed by atoms with Crippen molar-refractivity contribution in [3.05, 3.63) is 35.4 Å². The van der Waals surface area contributed by atoms with Crippen molar-refractivity contribution < 1.29 is 24.2 Å². The van der Waals surface area contributed by atoms with Crippen molar-refractivity contribution in [2.45, 2.75) is 70.9 Å². The average Bonchev–Trinajstić information content (AvgIpc) is 2.72. The topological polar surface area (TPSA) is 157 Å². The Balaban J connectivity index is 2.80. The number of rotatable bonds is 13. The van der Waals surface area contributed by atoms with Crippen LogP contribution in [-0.2, 0) is 25.7 Å². The number of nitrogens with one attached hydrogen (secondary N) is 2. The van der Waals surface area contributed by atoms with Gasteiger partial charge < -0.3 is 31.9 Å². The van der Waals surface area contributed by atoms with Gasteiger partial charge in [0, 0.05) is 6.54 Å². The third-order valence-electron chi connectivity index (χ3n) is 4.92. The number of ketones is 1. The lowest BCUT2D eigenvalue weighted by atomic mass is 10.0. The van der Waals surface area contributed by atoms with Crippen molar-refractivity contribution in [2.75, 3.05) is 13.1 Å². The third-order valence-corrected chi connectivity index (χ3v) is 4.92. The van der Waals surface area contributed by atoms with E-state index < -0.39 is 36.1 Å². The van der Waals surface area contributed by atoms with E-state index in [0.717, 1.165) is 5.56 Å². The maximum Gasteiger partial charge on any atom is 0.249 e. The molecule has 0 aliphatic rings. The second kappa shape index (κ2) is 13.2. The summed E-state index contributed by atoms with van der Waals surface area (Å²) in [5.41, 5.74) is 13.2. The lowest BCUT2D eigenvalue weighted by Crippen LogP contribution is -2.58. The number of carbonyl (C=O) groups excluding carboxylic acids is 3. The molecule has 9 heteroatoms. The smallest absolute Gasteiger partial charge is 0.249 e. The zero-order chi connectivity index (χ0) is 23.6. The summed E-state index contributed by atoms with van der Waals surface area (Å²) in [6.07, 6.45) is -1.86. The first-order valence-electron chi connectivity index (χ1n) is 10.5. The van der Waals surface area contributed by atoms with Crippen molar-refractivity contribution in [1.29, 1.82) is 0 Å². The minimum absolute atomic E-state index is 0.0872. The molecule has 1 rings (SSSR count). The molecule has 0 radical (unpaired) electrons. The van der Waals surface area contributed by atoms with Gasteiger partial charge in [0.2, 0.25) is 11.8 Å². The van der Waals surface area contributed by atoms with Crippen LogP contribution < -0.4 is 22.1 Å². The molecule has 2 amide bonds. The van der Waals surface area contributed by atoms with Gasteiger partial charge in [-0.3, -0.25) is 14.4 Å². The molecule has 0 saturated heterocycles. The quantitative estimate of drug-likeness (QED) is 0.290. The predicted octanol–water partition coefficient (Wildman–Crippen LogP) is -0.0579. The summed E-state index contributed by atoms with van der Waals surface area (Å²) in [5.74, 6) is -1.18. The van der Waals surface area contributed by atoms with Crippen molar-refractivity contribution in [2.24, 2.45) is 11.5 Å². The first-order valence-corrected chi connectivity index (χ1v) is 10.5. The number of nitrogens with two attached hydrogens (primary N) is 2. The Bertz CT molecular complexity index is 721. The van der Waals surface area contributed by atoms with Crippen molar-refractivity contribution in [1.82, 2.24) is 10.6 Å². The van der Waals surface area contributed by atoms with Gasteiger partial charge in [0.05, 0.1) is 18.8 Å². The Hall–Kier alpha value is -2.33. The van der Waals surface area contributed by atoms with E-state index in [9.17, 15) is 19.5 Å². The van der Waals surface area contributed by atoms with E-state index in [1.54, 1.807) is 0 Å². The first-order chi connectivity index (χ1) is 14.6. The van der Waals surface area contributed by atoms with Gasteiger partial charge in [-0.15, -0.1) is 0 Å². The highest BCUT2D eigenvalue weighted by molar-refractivity contribution is 5.93. The molecule has 0 aliphatic heterocycles. The summed E-state index contributed by atoms with van der Waals surface area (Å²) >= 11 is 0. The number of amides is 2. The van der Waals surface area contributed by atoms with Crippen LogP contribution in [-0.4, -0.2) is 60.1 Å². The molecule has 0 heterocycles. The summed E-state index contributed by atoms with van der Waals surface area (Å²) in [6.45, 7) is 7.19. The van der Waals surface area contributed by atoms with Crippen LogP contribution in [0.4, 0.5) is 0 Å². The maximum absolute atomic E-state index is 12.7. The van der Waals surface area contributed by atoms with Crippen LogP contribution in [0.3, 0.4) is 0 Å². The third kappa shape index (κ3) is 8.74. The van der Waals surface area contributed by atoms with Gasteiger partial charge in [-0.25, -0.2) is 0 Å². The van der Waals surface area contributed by atoms with Crippen LogP contribution in [0.2, 0.25) is 0 Å². The standard InChI is InChI=1S/C22H36N4O5/c1-13(2)17-7-5-16(6-8-17)12-31-19(9-10-23)21(29)26-20(15(4)28)22(30)25-18(11-24)14(3)27/h5-8,13,15,18-20,28H,9-12,23-24H2,1-4H3,(H,25,30)(H,26,29)/t15?,18-,19-,20-/m0/s1. The zero-order valence-electron chi connectivity index (χ0n) is 18.8. The molecule has 0 saturated carbocycles. The fourth-order valence-corrected chi connectivity index (χ4v) is 2.88. The Morgan fingerprint density at radius 1 is 1.03 bits per heavy atom. The molecule has 174 valence electrons. The molecule has 0 fully saturated rings. The van der Waals surface area contributed by atoms with Gasteiger partial charge in [-0.1, -0.05) is 38.1 Å². The van der Waals surface area contributed by atoms with Gasteiger partial charge in [0.25, 0.3) is 0 Å². The number of aliphatic hydroxyl groups is 1. The van der Waals surface area contributed by atoms with Gasteiger partial charge in [-0.2, -0.15) is 0 Å². The molecule has 9 nitrogen and oxygen atoms in total. The summed E-state index contributed by atoms with van der Waals surface area (Å²) < 4.78 is 5.75. The van der Waals surface area contributed by atoms with Crippen molar-refractivity contribution >= 4 is 17.6 Å². The fraction of sp³-hybridized carbons (Fsp3) is 0.591. The molecule has 7 N–H and O–H groups in total. The largest absolute Gasteiger partial charge is 0.391 e. The average molecular weight is 437 g/mol. The molecule has 0 bridgehead atoms. The highest BCUT2D eigenvalue weighted by atomic mass is 16.5. The normalized spacial score (nSPS) is 15.1. The van der Waals surface area contributed by atoms with Gasteiger partial charge >= 0.3 is 0 Å². The maximum atomic E-state index is 12.7. The summed E-state index contributed by atoms with van der Waals surface area (Å²) in [7, 11) is 0. The highest BCUT2D eigenvalue weighted by Gasteiger charge is 2.30. The molecule has 0 aliphatic carbocycles. The molecule has 4 atom stereocenters. The minimum Gasteiger partial charge on any atom is -0.391 e. The predicted molar refractivity (Wildman–Crippen MR) is 118 cm³/mol. The van der Waals surface area contributed by atoms with Crippen LogP contribution >= 0.6 is 0 Å². The van der Waals surface area contributed by atoms with E-state index in [-0.39, 0.29) is 31.9 Å². The molecule has 1 unspecified atom stereocenters. The second-order valence-corrected chi connectivity index (χ2v) is 7.91. The molecule has 0 aromatic heterocycles. The van der Waals surface area contributed by atoms with Crippen molar-refractivity contribution in [3.8, 4) is 0 Å². The minimum atomic E-state index is -1.27.